The number of hydrogen-bond acceptors (Lipinski definition) is 6. The van der Waals surface area contributed by atoms with Gasteiger partial charge in [0.15, 0.2) is 0 Å². The lowest BCUT2D eigenvalue weighted by atomic mass is 10.0. The van der Waals surface area contributed by atoms with E-state index in [9.17, 15) is 14.4 Å². The maximum Gasteiger partial charge on any atom is 0.407 e. The molecule has 0 aromatic heterocycles. The van der Waals surface area contributed by atoms with E-state index >= 15 is 0 Å². The zero-order valence-corrected chi connectivity index (χ0v) is 40.9. The van der Waals surface area contributed by atoms with Gasteiger partial charge in [-0.25, -0.2) is 4.79 Å². The quantitative estimate of drug-likeness (QED) is 0.0467. The summed E-state index contributed by atoms with van der Waals surface area (Å²) in [5, 5.41) is 5.80. The van der Waals surface area contributed by atoms with Crippen molar-refractivity contribution in [1.82, 2.24) is 10.6 Å². The van der Waals surface area contributed by atoms with Crippen LogP contribution < -0.4 is 10.6 Å². The fraction of sp³-hybridized carbons (Fsp3) is 0.942. The summed E-state index contributed by atoms with van der Waals surface area (Å²) in [6.45, 7) is 14.2. The van der Waals surface area contributed by atoms with Gasteiger partial charge in [-0.2, -0.15) is 0 Å². The van der Waals surface area contributed by atoms with Gasteiger partial charge < -0.3 is 24.8 Å². The molecule has 8 heteroatoms. The van der Waals surface area contributed by atoms with E-state index < -0.39 is 12.1 Å². The molecule has 2 amide bonds. The second-order valence-corrected chi connectivity index (χ2v) is 19.1. The first-order valence-electron chi connectivity index (χ1n) is 26.1. The van der Waals surface area contributed by atoms with Gasteiger partial charge in [-0.15, -0.1) is 0 Å². The largest absolute Gasteiger partial charge is 0.463 e. The number of unbranched alkanes of at least 4 members (excludes halogenated alkanes) is 29. The number of alkyl carbamates (subject to hydrolysis) is 1. The molecule has 8 nitrogen and oxygen atoms in total. The normalized spacial score (nSPS) is 12.2. The van der Waals surface area contributed by atoms with Crippen molar-refractivity contribution >= 4 is 18.0 Å². The maximum atomic E-state index is 12.9. The molecule has 356 valence electrons. The number of hydrogen-bond donors (Lipinski definition) is 2. The Kier molecular flexibility index (Phi) is 42.5. The Balaban J connectivity index is 4.40. The number of carbonyl (C=O) groups excluding carboxylic acids is 3. The topological polar surface area (TPSA) is 103 Å². The van der Waals surface area contributed by atoms with Crippen LogP contribution in [-0.2, 0) is 23.8 Å². The van der Waals surface area contributed by atoms with Crippen molar-refractivity contribution < 1.29 is 28.6 Å². The number of nitrogens with one attached hydrogen (secondary N) is 2. The molecule has 0 fully saturated rings. The third kappa shape index (κ3) is 44.2. The van der Waals surface area contributed by atoms with Gasteiger partial charge in [0.05, 0.1) is 11.6 Å². The molecule has 0 saturated carbocycles. The van der Waals surface area contributed by atoms with E-state index in [-0.39, 0.29) is 30.7 Å². The van der Waals surface area contributed by atoms with Crippen LogP contribution in [0.1, 0.15) is 273 Å². The molecule has 0 spiro atoms. The zero-order valence-electron chi connectivity index (χ0n) is 40.9. The first-order chi connectivity index (χ1) is 29.1. The summed E-state index contributed by atoms with van der Waals surface area (Å²) in [6.07, 6.45) is 42.7. The maximum absolute atomic E-state index is 12.9. The van der Waals surface area contributed by atoms with Crippen LogP contribution in [0.2, 0.25) is 0 Å². The molecule has 0 aromatic rings. The second-order valence-electron chi connectivity index (χ2n) is 19.1. The van der Waals surface area contributed by atoms with Gasteiger partial charge in [-0.3, -0.25) is 9.59 Å². The van der Waals surface area contributed by atoms with Crippen molar-refractivity contribution in [2.24, 2.45) is 5.92 Å². The third-order valence-electron chi connectivity index (χ3n) is 11.9. The lowest BCUT2D eigenvalue weighted by Crippen LogP contribution is -2.43. The number of rotatable bonds is 46. The van der Waals surface area contributed by atoms with Crippen molar-refractivity contribution in [2.75, 3.05) is 26.4 Å². The monoisotopic (exact) mass is 851 g/mol. The molecule has 0 aliphatic rings. The van der Waals surface area contributed by atoms with Gasteiger partial charge in [-0.1, -0.05) is 214 Å². The van der Waals surface area contributed by atoms with Gasteiger partial charge in [-0.05, 0) is 51.9 Å². The molecule has 2 N–H and O–H groups in total. The minimum absolute atomic E-state index is 0.00252. The average Bonchev–Trinajstić information content (AvgIpc) is 3.21. The van der Waals surface area contributed by atoms with E-state index in [0.29, 0.717) is 25.3 Å². The van der Waals surface area contributed by atoms with Crippen LogP contribution in [0.4, 0.5) is 4.79 Å². The highest BCUT2D eigenvalue weighted by atomic mass is 16.6. The first-order valence-corrected chi connectivity index (χ1v) is 26.1. The fourth-order valence-corrected chi connectivity index (χ4v) is 7.75. The first kappa shape index (κ1) is 58.2. The second kappa shape index (κ2) is 43.8. The summed E-state index contributed by atoms with van der Waals surface area (Å²) in [7, 11) is 0. The summed E-state index contributed by atoms with van der Waals surface area (Å²) >= 11 is 0. The molecule has 0 rings (SSSR count). The molecule has 1 atom stereocenters. The minimum atomic E-state index is -0.581. The molecule has 0 aromatic carbocycles. The summed E-state index contributed by atoms with van der Waals surface area (Å²) in [5.41, 5.74) is -0.251. The summed E-state index contributed by atoms with van der Waals surface area (Å²) < 4.78 is 17.1. The predicted molar refractivity (Wildman–Crippen MR) is 255 cm³/mol. The van der Waals surface area contributed by atoms with E-state index in [1.54, 1.807) is 0 Å². The van der Waals surface area contributed by atoms with Crippen LogP contribution >= 0.6 is 0 Å². The summed E-state index contributed by atoms with van der Waals surface area (Å²) in [4.78, 5) is 38.1. The Morgan fingerprint density at radius 1 is 0.500 bits per heavy atom. The fourth-order valence-electron chi connectivity index (χ4n) is 7.75. The highest BCUT2D eigenvalue weighted by Gasteiger charge is 2.20. The Morgan fingerprint density at radius 2 is 0.883 bits per heavy atom. The molecular formula is C52H102N2O6. The Hall–Kier alpha value is -1.83. The van der Waals surface area contributed by atoms with Crippen LogP contribution in [0.5, 0.6) is 0 Å². The Labute approximate surface area is 372 Å². The lowest BCUT2D eigenvalue weighted by Gasteiger charge is -2.26. The van der Waals surface area contributed by atoms with E-state index in [0.717, 1.165) is 64.4 Å². The molecule has 1 unspecified atom stereocenters. The number of amides is 2. The minimum Gasteiger partial charge on any atom is -0.463 e. The van der Waals surface area contributed by atoms with Crippen molar-refractivity contribution in [3.05, 3.63) is 0 Å². The summed E-state index contributed by atoms with van der Waals surface area (Å²) in [5.74, 6) is 0.254. The Bertz CT molecular complexity index is 957. The van der Waals surface area contributed by atoms with Crippen LogP contribution in [-0.4, -0.2) is 56.0 Å². The van der Waals surface area contributed by atoms with E-state index in [2.05, 4.69) is 52.2 Å². The molecule has 0 bridgehead atoms. The van der Waals surface area contributed by atoms with E-state index in [1.165, 1.54) is 161 Å². The van der Waals surface area contributed by atoms with Crippen molar-refractivity contribution in [2.45, 2.75) is 284 Å². The van der Waals surface area contributed by atoms with Gasteiger partial charge in [0, 0.05) is 26.0 Å². The number of esters is 1. The standard InChI is InChI=1S/C52H102N2O6/c1-7-9-11-13-15-17-19-21-23-25-26-28-30-32-34-36-39-49(55)54-48(46-59-51(57)53-43-38-42-52(5,6)60-44-41-47(3)4)45-58-50(56)40-37-35-33-31-29-27-24-22-20-18-16-14-12-10-8-2/h47-48H,7-46H2,1-6H3,(H,53,57)(H,54,55). The van der Waals surface area contributed by atoms with Crippen LogP contribution in [0.3, 0.4) is 0 Å². The van der Waals surface area contributed by atoms with Crippen molar-refractivity contribution in [3.8, 4) is 0 Å². The lowest BCUT2D eigenvalue weighted by molar-refractivity contribution is -0.145. The van der Waals surface area contributed by atoms with Gasteiger partial charge in [0.2, 0.25) is 5.91 Å². The van der Waals surface area contributed by atoms with Gasteiger partial charge in [0.25, 0.3) is 0 Å². The van der Waals surface area contributed by atoms with Crippen molar-refractivity contribution in [3.63, 3.8) is 0 Å². The number of ether oxygens (including phenoxy) is 3. The molecule has 60 heavy (non-hydrogen) atoms. The molecule has 0 aliphatic heterocycles. The highest BCUT2D eigenvalue weighted by Crippen LogP contribution is 2.18. The SMILES string of the molecule is CCCCCCCCCCCCCCCCCCC(=O)NC(COC(=O)CCCCCCCCCCCCCCCCC)COC(=O)NCCCC(C)(C)OCCC(C)C. The highest BCUT2D eigenvalue weighted by molar-refractivity contribution is 5.76. The van der Waals surface area contributed by atoms with Gasteiger partial charge in [0.1, 0.15) is 13.2 Å². The third-order valence-corrected chi connectivity index (χ3v) is 11.9. The molecule has 0 radical (unpaired) electrons. The molecule has 0 heterocycles. The summed E-state index contributed by atoms with van der Waals surface area (Å²) in [6, 6.07) is -0.581. The molecule has 0 saturated heterocycles. The average molecular weight is 851 g/mol. The van der Waals surface area contributed by atoms with Crippen LogP contribution in [0.25, 0.3) is 0 Å². The smallest absolute Gasteiger partial charge is 0.407 e. The predicted octanol–water partition coefficient (Wildman–Crippen LogP) is 15.3. The van der Waals surface area contributed by atoms with Crippen molar-refractivity contribution in [1.29, 1.82) is 0 Å². The van der Waals surface area contributed by atoms with E-state index in [4.69, 9.17) is 14.2 Å². The van der Waals surface area contributed by atoms with E-state index in [1.807, 2.05) is 0 Å². The molecule has 0 aliphatic carbocycles. The molecular weight excluding hydrogens is 749 g/mol. The van der Waals surface area contributed by atoms with Gasteiger partial charge >= 0.3 is 12.1 Å². The van der Waals surface area contributed by atoms with Crippen LogP contribution in [0.15, 0.2) is 0 Å². The zero-order chi connectivity index (χ0) is 44.2. The number of carbonyl (C=O) groups is 3. The Morgan fingerprint density at radius 3 is 1.30 bits per heavy atom. The van der Waals surface area contributed by atoms with Crippen LogP contribution in [0, 0.1) is 5.92 Å².